The van der Waals surface area contributed by atoms with E-state index in [2.05, 4.69) is 17.0 Å². The molecule has 130 valence electrons. The van der Waals surface area contributed by atoms with Gasteiger partial charge in [0.2, 0.25) is 11.8 Å². The molecule has 24 heavy (non-hydrogen) atoms. The zero-order chi connectivity index (χ0) is 16.9. The number of benzene rings is 1. The van der Waals surface area contributed by atoms with E-state index in [1.54, 1.807) is 11.8 Å². The van der Waals surface area contributed by atoms with Gasteiger partial charge in [-0.2, -0.15) is 0 Å². The summed E-state index contributed by atoms with van der Waals surface area (Å²) >= 11 is 1.73. The van der Waals surface area contributed by atoms with Crippen molar-refractivity contribution in [1.29, 1.82) is 0 Å². The lowest BCUT2D eigenvalue weighted by atomic mass is 9.93. The van der Waals surface area contributed by atoms with Crippen LogP contribution in [-0.4, -0.2) is 59.6 Å². The Morgan fingerprint density at radius 1 is 1.12 bits per heavy atom. The standard InChI is InChI=1S/C18H25N3O2S/c19-18(23)14-6-9-20(10-7-14)15-12-21(13-15)17(22)8-11-24-16-4-2-1-3-5-16/h1-5,14-15H,6-13H2,(H2,19,23). The zero-order valence-corrected chi connectivity index (χ0v) is 14.7. The molecule has 1 aromatic carbocycles. The van der Waals surface area contributed by atoms with E-state index in [0.717, 1.165) is 44.8 Å². The van der Waals surface area contributed by atoms with Gasteiger partial charge in [0.05, 0.1) is 0 Å². The number of hydrogen-bond acceptors (Lipinski definition) is 4. The van der Waals surface area contributed by atoms with Gasteiger partial charge in [-0.3, -0.25) is 14.5 Å². The van der Waals surface area contributed by atoms with Crippen LogP contribution in [0.25, 0.3) is 0 Å². The average molecular weight is 347 g/mol. The molecule has 2 heterocycles. The predicted octanol–water partition coefficient (Wildman–Crippen LogP) is 1.58. The lowest BCUT2D eigenvalue weighted by Crippen LogP contribution is -2.62. The number of thioether (sulfide) groups is 1. The van der Waals surface area contributed by atoms with Crippen molar-refractivity contribution in [2.45, 2.75) is 30.2 Å². The van der Waals surface area contributed by atoms with Gasteiger partial charge in [-0.1, -0.05) is 18.2 Å². The summed E-state index contributed by atoms with van der Waals surface area (Å²) in [4.78, 5) is 29.0. The Kier molecular flexibility index (Phi) is 5.79. The van der Waals surface area contributed by atoms with Crippen LogP contribution in [0, 0.1) is 5.92 Å². The molecule has 2 amide bonds. The molecule has 2 aliphatic heterocycles. The average Bonchev–Trinajstić information content (AvgIpc) is 2.55. The zero-order valence-electron chi connectivity index (χ0n) is 13.9. The quantitative estimate of drug-likeness (QED) is 0.794. The second-order valence-corrected chi connectivity index (χ2v) is 7.74. The molecule has 0 atom stereocenters. The largest absolute Gasteiger partial charge is 0.369 e. The van der Waals surface area contributed by atoms with Crippen molar-refractivity contribution in [1.82, 2.24) is 9.80 Å². The van der Waals surface area contributed by atoms with E-state index < -0.39 is 0 Å². The van der Waals surface area contributed by atoms with Gasteiger partial charge in [0.1, 0.15) is 0 Å². The number of nitrogens with two attached hydrogens (primary N) is 1. The molecule has 2 N–H and O–H groups in total. The monoisotopic (exact) mass is 347 g/mol. The van der Waals surface area contributed by atoms with Gasteiger partial charge >= 0.3 is 0 Å². The van der Waals surface area contributed by atoms with Crippen molar-refractivity contribution in [3.05, 3.63) is 30.3 Å². The molecule has 0 aromatic heterocycles. The highest BCUT2D eigenvalue weighted by Crippen LogP contribution is 2.24. The summed E-state index contributed by atoms with van der Waals surface area (Å²) in [5.41, 5.74) is 5.37. The van der Waals surface area contributed by atoms with E-state index in [1.807, 2.05) is 23.1 Å². The number of carbonyl (C=O) groups is 2. The maximum absolute atomic E-state index is 12.2. The molecule has 0 aliphatic carbocycles. The Bertz CT molecular complexity index is 567. The molecular weight excluding hydrogens is 322 g/mol. The molecule has 5 nitrogen and oxygen atoms in total. The Hall–Kier alpha value is -1.53. The first-order chi connectivity index (χ1) is 11.6. The molecular formula is C18H25N3O2S. The second-order valence-electron chi connectivity index (χ2n) is 6.58. The van der Waals surface area contributed by atoms with Crippen LogP contribution < -0.4 is 5.73 Å². The minimum absolute atomic E-state index is 0.0362. The van der Waals surface area contributed by atoms with Crippen molar-refractivity contribution in [2.24, 2.45) is 11.7 Å². The van der Waals surface area contributed by atoms with Crippen molar-refractivity contribution < 1.29 is 9.59 Å². The first kappa shape index (κ1) is 17.3. The first-order valence-electron chi connectivity index (χ1n) is 8.62. The van der Waals surface area contributed by atoms with Crippen molar-refractivity contribution in [3.63, 3.8) is 0 Å². The van der Waals surface area contributed by atoms with E-state index in [1.165, 1.54) is 4.90 Å². The van der Waals surface area contributed by atoms with E-state index in [0.29, 0.717) is 12.5 Å². The highest BCUT2D eigenvalue weighted by atomic mass is 32.2. The van der Waals surface area contributed by atoms with Crippen LogP contribution >= 0.6 is 11.8 Å². The summed E-state index contributed by atoms with van der Waals surface area (Å²) in [6.45, 7) is 3.50. The van der Waals surface area contributed by atoms with E-state index in [-0.39, 0.29) is 17.7 Å². The fourth-order valence-electron chi connectivity index (χ4n) is 3.37. The second kappa shape index (κ2) is 8.03. The van der Waals surface area contributed by atoms with Crippen LogP contribution in [0.2, 0.25) is 0 Å². The van der Waals surface area contributed by atoms with Gasteiger partial charge < -0.3 is 10.6 Å². The lowest BCUT2D eigenvalue weighted by molar-refractivity contribution is -0.138. The van der Waals surface area contributed by atoms with Crippen LogP contribution in [0.3, 0.4) is 0 Å². The van der Waals surface area contributed by atoms with Crippen LogP contribution in [0.4, 0.5) is 0 Å². The number of rotatable bonds is 6. The van der Waals surface area contributed by atoms with Crippen LogP contribution in [0.5, 0.6) is 0 Å². The maximum Gasteiger partial charge on any atom is 0.223 e. The normalized spacial score (nSPS) is 19.9. The predicted molar refractivity (Wildman–Crippen MR) is 95.6 cm³/mol. The topological polar surface area (TPSA) is 66.6 Å². The molecule has 2 aliphatic rings. The SMILES string of the molecule is NC(=O)C1CCN(C2CN(C(=O)CCSc3ccccc3)C2)CC1. The van der Waals surface area contributed by atoms with Gasteiger partial charge in [-0.05, 0) is 38.1 Å². The lowest BCUT2D eigenvalue weighted by Gasteiger charge is -2.47. The summed E-state index contributed by atoms with van der Waals surface area (Å²) in [7, 11) is 0. The Morgan fingerprint density at radius 2 is 1.79 bits per heavy atom. The smallest absolute Gasteiger partial charge is 0.223 e. The first-order valence-corrected chi connectivity index (χ1v) is 9.61. The van der Waals surface area contributed by atoms with Gasteiger partial charge in [-0.15, -0.1) is 11.8 Å². The summed E-state index contributed by atoms with van der Waals surface area (Å²) in [5.74, 6) is 0.945. The molecule has 2 fully saturated rings. The van der Waals surface area contributed by atoms with E-state index in [4.69, 9.17) is 5.73 Å². The Balaban J connectivity index is 1.33. The van der Waals surface area contributed by atoms with Gasteiger partial charge in [0.15, 0.2) is 0 Å². The van der Waals surface area contributed by atoms with Gasteiger partial charge in [0.25, 0.3) is 0 Å². The highest BCUT2D eigenvalue weighted by molar-refractivity contribution is 7.99. The van der Waals surface area contributed by atoms with Crippen LogP contribution in [-0.2, 0) is 9.59 Å². The summed E-state index contributed by atoms with van der Waals surface area (Å²) in [6.07, 6.45) is 2.30. The molecule has 2 saturated heterocycles. The summed E-state index contributed by atoms with van der Waals surface area (Å²) in [6, 6.07) is 10.7. The van der Waals surface area contributed by atoms with E-state index >= 15 is 0 Å². The highest BCUT2D eigenvalue weighted by Gasteiger charge is 2.36. The fraction of sp³-hybridized carbons (Fsp3) is 0.556. The third kappa shape index (κ3) is 4.30. The number of likely N-dealkylation sites (tertiary alicyclic amines) is 2. The molecule has 6 heteroatoms. The van der Waals surface area contributed by atoms with Crippen molar-refractivity contribution in [3.8, 4) is 0 Å². The molecule has 0 saturated carbocycles. The molecule has 0 radical (unpaired) electrons. The fourth-order valence-corrected chi connectivity index (χ4v) is 4.23. The summed E-state index contributed by atoms with van der Waals surface area (Å²) < 4.78 is 0. The number of primary amides is 1. The number of piperidine rings is 1. The van der Waals surface area contributed by atoms with Crippen LogP contribution in [0.1, 0.15) is 19.3 Å². The van der Waals surface area contributed by atoms with Crippen LogP contribution in [0.15, 0.2) is 35.2 Å². The summed E-state index contributed by atoms with van der Waals surface area (Å²) in [5, 5.41) is 0. The Labute approximate surface area is 147 Å². The molecule has 3 rings (SSSR count). The molecule has 0 unspecified atom stereocenters. The Morgan fingerprint density at radius 3 is 2.42 bits per heavy atom. The number of amides is 2. The van der Waals surface area contributed by atoms with E-state index in [9.17, 15) is 9.59 Å². The minimum Gasteiger partial charge on any atom is -0.369 e. The van der Waals surface area contributed by atoms with Gasteiger partial charge in [0, 0.05) is 42.1 Å². The maximum atomic E-state index is 12.2. The van der Waals surface area contributed by atoms with Crippen molar-refractivity contribution in [2.75, 3.05) is 31.9 Å². The van der Waals surface area contributed by atoms with Gasteiger partial charge in [-0.25, -0.2) is 0 Å². The third-order valence-electron chi connectivity index (χ3n) is 4.99. The molecule has 0 spiro atoms. The molecule has 0 bridgehead atoms. The number of nitrogens with zero attached hydrogens (tertiary/aromatic N) is 2. The molecule has 1 aromatic rings. The minimum atomic E-state index is -0.170. The number of hydrogen-bond donors (Lipinski definition) is 1. The third-order valence-corrected chi connectivity index (χ3v) is 6.00. The van der Waals surface area contributed by atoms with Crippen molar-refractivity contribution >= 4 is 23.6 Å². The number of carbonyl (C=O) groups excluding carboxylic acids is 2.